The van der Waals surface area contributed by atoms with Gasteiger partial charge in [0.25, 0.3) is 5.91 Å². The Morgan fingerprint density at radius 3 is 2.54 bits per heavy atom. The number of rotatable bonds is 6. The SMILES string of the molecule is COCc1c(C(=O)Nc2ccc(S(N)(=O)=O)cc2)nnn1-c1cccc(C)c1. The summed E-state index contributed by atoms with van der Waals surface area (Å²) in [4.78, 5) is 12.6. The minimum Gasteiger partial charge on any atom is -0.378 e. The molecular weight excluding hydrogens is 382 g/mol. The molecule has 0 aliphatic heterocycles. The van der Waals surface area contributed by atoms with Crippen LogP contribution in [0.5, 0.6) is 0 Å². The van der Waals surface area contributed by atoms with E-state index in [0.717, 1.165) is 11.3 Å². The molecule has 0 saturated carbocycles. The number of aromatic nitrogens is 3. The van der Waals surface area contributed by atoms with Crippen molar-refractivity contribution in [1.82, 2.24) is 15.0 Å². The molecule has 3 N–H and O–H groups in total. The van der Waals surface area contributed by atoms with E-state index in [1.807, 2.05) is 31.2 Å². The summed E-state index contributed by atoms with van der Waals surface area (Å²) in [6.07, 6.45) is 0. The lowest BCUT2D eigenvalue weighted by molar-refractivity contribution is 0.101. The van der Waals surface area contributed by atoms with Crippen molar-refractivity contribution >= 4 is 21.6 Å². The van der Waals surface area contributed by atoms with Crippen LogP contribution in [0.25, 0.3) is 5.69 Å². The monoisotopic (exact) mass is 401 g/mol. The zero-order valence-corrected chi connectivity index (χ0v) is 16.1. The Labute approximate surface area is 162 Å². The molecular formula is C18H19N5O4S. The first kappa shape index (κ1) is 19.7. The zero-order valence-electron chi connectivity index (χ0n) is 15.3. The van der Waals surface area contributed by atoms with Gasteiger partial charge in [-0.25, -0.2) is 18.2 Å². The lowest BCUT2D eigenvalue weighted by Crippen LogP contribution is -2.16. The van der Waals surface area contributed by atoms with E-state index in [1.165, 1.54) is 31.4 Å². The number of benzene rings is 2. The Balaban J connectivity index is 1.89. The number of primary sulfonamides is 1. The van der Waals surface area contributed by atoms with Crippen LogP contribution in [-0.2, 0) is 21.4 Å². The minimum atomic E-state index is -3.80. The summed E-state index contributed by atoms with van der Waals surface area (Å²) in [6.45, 7) is 2.09. The number of hydrogen-bond donors (Lipinski definition) is 2. The van der Waals surface area contributed by atoms with Crippen molar-refractivity contribution in [2.75, 3.05) is 12.4 Å². The number of nitrogens with two attached hydrogens (primary N) is 1. The molecule has 0 atom stereocenters. The van der Waals surface area contributed by atoms with Crippen molar-refractivity contribution in [3.63, 3.8) is 0 Å². The predicted octanol–water partition coefficient (Wildman–Crippen LogP) is 1.62. The number of carbonyl (C=O) groups is 1. The van der Waals surface area contributed by atoms with Gasteiger partial charge in [0.2, 0.25) is 10.0 Å². The highest BCUT2D eigenvalue weighted by Crippen LogP contribution is 2.18. The van der Waals surface area contributed by atoms with Gasteiger partial charge in [0, 0.05) is 12.8 Å². The van der Waals surface area contributed by atoms with E-state index >= 15 is 0 Å². The normalized spacial score (nSPS) is 11.4. The molecule has 0 radical (unpaired) electrons. The molecule has 0 unspecified atom stereocenters. The first-order valence-corrected chi connectivity index (χ1v) is 9.79. The van der Waals surface area contributed by atoms with Crippen LogP contribution in [0.4, 0.5) is 5.69 Å². The van der Waals surface area contributed by atoms with Gasteiger partial charge in [0.05, 0.1) is 17.2 Å². The van der Waals surface area contributed by atoms with Gasteiger partial charge in [-0.1, -0.05) is 17.3 Å². The molecule has 10 heteroatoms. The zero-order chi connectivity index (χ0) is 20.3. The molecule has 1 amide bonds. The second-order valence-corrected chi connectivity index (χ2v) is 7.65. The van der Waals surface area contributed by atoms with Gasteiger partial charge in [0.15, 0.2) is 5.69 Å². The summed E-state index contributed by atoms with van der Waals surface area (Å²) < 4.78 is 29.4. The molecule has 1 heterocycles. The van der Waals surface area contributed by atoms with Crippen LogP contribution in [0.3, 0.4) is 0 Å². The predicted molar refractivity (Wildman–Crippen MR) is 103 cm³/mol. The third kappa shape index (κ3) is 4.25. The molecule has 2 aromatic carbocycles. The first-order chi connectivity index (χ1) is 13.3. The number of aryl methyl sites for hydroxylation is 1. The third-order valence-corrected chi connectivity index (χ3v) is 4.88. The van der Waals surface area contributed by atoms with Crippen LogP contribution in [0.1, 0.15) is 21.7 Å². The van der Waals surface area contributed by atoms with E-state index < -0.39 is 15.9 Å². The summed E-state index contributed by atoms with van der Waals surface area (Å²) in [5.41, 5.74) is 2.80. The molecule has 0 fully saturated rings. The van der Waals surface area contributed by atoms with Crippen LogP contribution in [0.2, 0.25) is 0 Å². The molecule has 3 rings (SSSR count). The van der Waals surface area contributed by atoms with Crippen molar-refractivity contribution in [3.05, 3.63) is 65.5 Å². The number of sulfonamides is 1. The Kier molecular flexibility index (Phi) is 5.54. The number of nitrogens with one attached hydrogen (secondary N) is 1. The maximum atomic E-state index is 12.7. The van der Waals surface area contributed by atoms with Crippen molar-refractivity contribution in [1.29, 1.82) is 0 Å². The van der Waals surface area contributed by atoms with Gasteiger partial charge in [-0.3, -0.25) is 4.79 Å². The summed E-state index contributed by atoms with van der Waals surface area (Å²) in [5.74, 6) is -0.491. The van der Waals surface area contributed by atoms with Crippen molar-refractivity contribution in [2.45, 2.75) is 18.4 Å². The van der Waals surface area contributed by atoms with Crippen LogP contribution >= 0.6 is 0 Å². The number of anilines is 1. The van der Waals surface area contributed by atoms with Crippen molar-refractivity contribution < 1.29 is 17.9 Å². The molecule has 0 aliphatic rings. The number of amides is 1. The number of methoxy groups -OCH3 is 1. The standard InChI is InChI=1S/C18H19N5O4S/c1-12-4-3-5-14(10-12)23-16(11-27-2)17(21-22-23)18(24)20-13-6-8-15(9-7-13)28(19,25)26/h3-10H,11H2,1-2H3,(H,20,24)(H2,19,25,26). The Morgan fingerprint density at radius 1 is 1.21 bits per heavy atom. The highest BCUT2D eigenvalue weighted by Gasteiger charge is 2.21. The molecule has 9 nitrogen and oxygen atoms in total. The fourth-order valence-electron chi connectivity index (χ4n) is 2.63. The second-order valence-electron chi connectivity index (χ2n) is 6.09. The highest BCUT2D eigenvalue weighted by molar-refractivity contribution is 7.89. The summed E-state index contributed by atoms with van der Waals surface area (Å²) in [7, 11) is -2.28. The number of carbonyl (C=O) groups excluding carboxylic acids is 1. The molecule has 0 saturated heterocycles. The summed E-state index contributed by atoms with van der Waals surface area (Å²) >= 11 is 0. The lowest BCUT2D eigenvalue weighted by atomic mass is 10.2. The van der Waals surface area contributed by atoms with Gasteiger partial charge >= 0.3 is 0 Å². The maximum Gasteiger partial charge on any atom is 0.278 e. The molecule has 28 heavy (non-hydrogen) atoms. The molecule has 0 bridgehead atoms. The third-order valence-electron chi connectivity index (χ3n) is 3.95. The van der Waals surface area contributed by atoms with Crippen LogP contribution in [0.15, 0.2) is 53.4 Å². The average molecular weight is 401 g/mol. The van der Waals surface area contributed by atoms with Crippen LogP contribution in [0, 0.1) is 6.92 Å². The average Bonchev–Trinajstić information content (AvgIpc) is 3.05. The number of ether oxygens (including phenoxy) is 1. The number of hydrogen-bond acceptors (Lipinski definition) is 6. The topological polar surface area (TPSA) is 129 Å². The van der Waals surface area contributed by atoms with Gasteiger partial charge in [-0.15, -0.1) is 5.10 Å². The quantitative estimate of drug-likeness (QED) is 0.646. The van der Waals surface area contributed by atoms with Gasteiger partial charge in [0.1, 0.15) is 5.69 Å². The van der Waals surface area contributed by atoms with E-state index in [0.29, 0.717) is 11.4 Å². The maximum absolute atomic E-state index is 12.7. The molecule has 146 valence electrons. The molecule has 1 aromatic heterocycles. The Hall–Kier alpha value is -3.08. The van der Waals surface area contributed by atoms with Crippen molar-refractivity contribution in [2.24, 2.45) is 5.14 Å². The number of nitrogens with zero attached hydrogens (tertiary/aromatic N) is 3. The molecule has 0 spiro atoms. The van der Waals surface area contributed by atoms with Gasteiger partial charge in [-0.05, 0) is 48.9 Å². The van der Waals surface area contributed by atoms with E-state index in [1.54, 1.807) is 4.68 Å². The van der Waals surface area contributed by atoms with Crippen molar-refractivity contribution in [3.8, 4) is 5.69 Å². The Bertz CT molecular complexity index is 1110. The van der Waals surface area contributed by atoms with Gasteiger partial charge < -0.3 is 10.1 Å². The van der Waals surface area contributed by atoms with E-state index in [9.17, 15) is 13.2 Å². The highest BCUT2D eigenvalue weighted by atomic mass is 32.2. The van der Waals surface area contributed by atoms with E-state index in [-0.39, 0.29) is 17.2 Å². The summed E-state index contributed by atoms with van der Waals surface area (Å²) in [5, 5.41) is 15.8. The first-order valence-electron chi connectivity index (χ1n) is 8.24. The fourth-order valence-corrected chi connectivity index (χ4v) is 3.15. The fraction of sp³-hybridized carbons (Fsp3) is 0.167. The molecule has 0 aliphatic carbocycles. The summed E-state index contributed by atoms with van der Waals surface area (Å²) in [6, 6.07) is 13.1. The van der Waals surface area contributed by atoms with E-state index in [4.69, 9.17) is 9.88 Å². The largest absolute Gasteiger partial charge is 0.378 e. The van der Waals surface area contributed by atoms with E-state index in [2.05, 4.69) is 15.6 Å². The van der Waals surface area contributed by atoms with Crippen LogP contribution in [-0.4, -0.2) is 36.4 Å². The Morgan fingerprint density at radius 2 is 1.93 bits per heavy atom. The smallest absolute Gasteiger partial charge is 0.278 e. The minimum absolute atomic E-state index is 0.0454. The second kappa shape index (κ2) is 7.89. The lowest BCUT2D eigenvalue weighted by Gasteiger charge is -2.09. The molecule has 3 aromatic rings. The van der Waals surface area contributed by atoms with Crippen LogP contribution < -0.4 is 10.5 Å². The van der Waals surface area contributed by atoms with Gasteiger partial charge in [-0.2, -0.15) is 0 Å².